The number of rotatable bonds is 1. The van der Waals surface area contributed by atoms with Crippen molar-refractivity contribution >= 4 is 0 Å². The first-order chi connectivity index (χ1) is 9.81. The minimum Gasteiger partial charge on any atom is -0.0610 e. The van der Waals surface area contributed by atoms with Crippen LogP contribution in [0.15, 0.2) is 36.4 Å². The van der Waals surface area contributed by atoms with Crippen LogP contribution in [0, 0.1) is 13.0 Å². The first-order valence-electron chi connectivity index (χ1n) is 7.93. The maximum Gasteiger partial charge on any atom is -0.0100 e. The molecule has 1 aliphatic carbocycles. The monoisotopic (exact) mass is 277 g/mol. The van der Waals surface area contributed by atoms with E-state index in [4.69, 9.17) is 0 Å². The van der Waals surface area contributed by atoms with Gasteiger partial charge in [0, 0.05) is 0 Å². The van der Waals surface area contributed by atoms with Crippen LogP contribution in [0.5, 0.6) is 0 Å². The fraction of sp³-hybridized carbons (Fsp3) is 0.429. The van der Waals surface area contributed by atoms with Crippen LogP contribution in [0.25, 0.3) is 11.1 Å². The topological polar surface area (TPSA) is 0 Å². The third-order valence-electron chi connectivity index (χ3n) is 5.22. The molecule has 3 rings (SSSR count). The number of fused-ring (bicyclic) bond motifs is 1. The highest BCUT2D eigenvalue weighted by Gasteiger charge is 2.37. The summed E-state index contributed by atoms with van der Waals surface area (Å²) in [5.74, 6) is 0. The van der Waals surface area contributed by atoms with Gasteiger partial charge in [0.15, 0.2) is 0 Å². The van der Waals surface area contributed by atoms with Crippen LogP contribution in [0.4, 0.5) is 0 Å². The van der Waals surface area contributed by atoms with Crippen molar-refractivity contribution in [3.8, 4) is 11.1 Å². The summed E-state index contributed by atoms with van der Waals surface area (Å²) in [7, 11) is 0. The van der Waals surface area contributed by atoms with Crippen LogP contribution in [0.3, 0.4) is 0 Å². The molecule has 0 aromatic heterocycles. The fourth-order valence-corrected chi connectivity index (χ4v) is 3.59. The van der Waals surface area contributed by atoms with Crippen LogP contribution >= 0.6 is 0 Å². The van der Waals surface area contributed by atoms with Crippen LogP contribution < -0.4 is 0 Å². The summed E-state index contributed by atoms with van der Waals surface area (Å²) in [6.45, 7) is 11.8. The Labute approximate surface area is 129 Å². The van der Waals surface area contributed by atoms with Crippen molar-refractivity contribution in [1.29, 1.82) is 0 Å². The van der Waals surface area contributed by atoms with Gasteiger partial charge in [-0.2, -0.15) is 0 Å². The predicted molar refractivity (Wildman–Crippen MR) is 90.7 cm³/mol. The zero-order valence-electron chi connectivity index (χ0n) is 13.9. The lowest BCUT2D eigenvalue weighted by atomic mass is 9.62. The van der Waals surface area contributed by atoms with E-state index in [9.17, 15) is 0 Å². The summed E-state index contributed by atoms with van der Waals surface area (Å²) < 4.78 is 0. The molecule has 0 N–H and O–H groups in total. The van der Waals surface area contributed by atoms with Gasteiger partial charge in [0.2, 0.25) is 0 Å². The molecule has 0 atom stereocenters. The smallest absolute Gasteiger partial charge is 0.0100 e. The van der Waals surface area contributed by atoms with Crippen molar-refractivity contribution in [2.45, 2.75) is 58.3 Å². The highest BCUT2D eigenvalue weighted by atomic mass is 14.4. The Morgan fingerprint density at radius 1 is 0.952 bits per heavy atom. The first-order valence-corrected chi connectivity index (χ1v) is 7.93. The van der Waals surface area contributed by atoms with E-state index in [0.717, 1.165) is 0 Å². The van der Waals surface area contributed by atoms with E-state index >= 15 is 0 Å². The van der Waals surface area contributed by atoms with Crippen LogP contribution in [-0.2, 0) is 10.8 Å². The summed E-state index contributed by atoms with van der Waals surface area (Å²) in [6.07, 6.45) is 2.53. The van der Waals surface area contributed by atoms with Gasteiger partial charge < -0.3 is 0 Å². The molecule has 109 valence electrons. The van der Waals surface area contributed by atoms with Gasteiger partial charge >= 0.3 is 0 Å². The largest absolute Gasteiger partial charge is 0.0610 e. The third-order valence-corrected chi connectivity index (χ3v) is 5.22. The van der Waals surface area contributed by atoms with E-state index in [1.165, 1.54) is 35.1 Å². The molecule has 1 radical (unpaired) electrons. The molecule has 0 amide bonds. The van der Waals surface area contributed by atoms with Crippen molar-refractivity contribution in [2.24, 2.45) is 0 Å². The summed E-state index contributed by atoms with van der Waals surface area (Å²) in [5, 5.41) is 0. The Kier molecular flexibility index (Phi) is 3.24. The standard InChI is InChI=1S/C21H25/c1-15-13-18-19(21(4,5)12-11-20(18,2)3)14-17(15)16-9-7-6-8-10-16/h6-7,9-10,13-14H,11-12H2,1-5H3. The molecule has 0 saturated carbocycles. The second-order valence-corrected chi connectivity index (χ2v) is 7.77. The summed E-state index contributed by atoms with van der Waals surface area (Å²) in [5.41, 5.74) is 7.64. The second-order valence-electron chi connectivity index (χ2n) is 7.77. The van der Waals surface area contributed by atoms with Crippen molar-refractivity contribution in [2.75, 3.05) is 0 Å². The minimum atomic E-state index is 0.270. The average molecular weight is 277 g/mol. The SMILES string of the molecule is Cc1cc2c(cc1-c1c[c]ccc1)C(C)(C)CCC2(C)C. The van der Waals surface area contributed by atoms with Gasteiger partial charge in [0.1, 0.15) is 0 Å². The zero-order valence-corrected chi connectivity index (χ0v) is 13.9. The molecule has 1 aliphatic rings. The van der Waals surface area contributed by atoms with Gasteiger partial charge in [-0.1, -0.05) is 58.0 Å². The average Bonchev–Trinajstić information content (AvgIpc) is 2.45. The number of hydrogen-bond donors (Lipinski definition) is 0. The third kappa shape index (κ3) is 2.41. The molecule has 0 fully saturated rings. The van der Waals surface area contributed by atoms with Crippen molar-refractivity contribution in [3.05, 3.63) is 59.2 Å². The number of hydrogen-bond acceptors (Lipinski definition) is 0. The van der Waals surface area contributed by atoms with Gasteiger partial charge in [0.05, 0.1) is 0 Å². The van der Waals surface area contributed by atoms with Crippen LogP contribution in [0.1, 0.15) is 57.2 Å². The summed E-state index contributed by atoms with van der Waals surface area (Å²) in [6, 6.07) is 16.4. The molecule has 0 heteroatoms. The lowest BCUT2D eigenvalue weighted by Crippen LogP contribution is -2.34. The Morgan fingerprint density at radius 3 is 2.14 bits per heavy atom. The molecule has 2 aromatic rings. The van der Waals surface area contributed by atoms with E-state index in [2.05, 4.69) is 71.0 Å². The predicted octanol–water partition coefficient (Wildman–Crippen LogP) is 5.81. The van der Waals surface area contributed by atoms with Crippen molar-refractivity contribution in [3.63, 3.8) is 0 Å². The molecular formula is C21H25. The maximum atomic E-state index is 3.20. The molecule has 0 saturated heterocycles. The van der Waals surface area contributed by atoms with Crippen LogP contribution in [0.2, 0.25) is 0 Å². The van der Waals surface area contributed by atoms with Gasteiger partial charge in [-0.15, -0.1) is 0 Å². The van der Waals surface area contributed by atoms with Gasteiger partial charge in [0.25, 0.3) is 0 Å². The Hall–Kier alpha value is -1.56. The molecule has 0 spiro atoms. The number of aryl methyl sites for hydroxylation is 1. The lowest BCUT2D eigenvalue weighted by molar-refractivity contribution is 0.332. The Balaban J connectivity index is 2.24. The normalized spacial score (nSPS) is 19.1. The van der Waals surface area contributed by atoms with E-state index in [1.807, 2.05) is 6.07 Å². The summed E-state index contributed by atoms with van der Waals surface area (Å²) in [4.78, 5) is 0. The fourth-order valence-electron chi connectivity index (χ4n) is 3.59. The first kappa shape index (κ1) is 14.4. The zero-order chi connectivity index (χ0) is 15.3. The molecule has 0 nitrogen and oxygen atoms in total. The number of benzene rings is 2. The van der Waals surface area contributed by atoms with E-state index < -0.39 is 0 Å². The molecular weight excluding hydrogens is 252 g/mol. The molecule has 0 aliphatic heterocycles. The maximum absolute atomic E-state index is 3.20. The van der Waals surface area contributed by atoms with Crippen LogP contribution in [-0.4, -0.2) is 0 Å². The molecule has 0 bridgehead atoms. The van der Waals surface area contributed by atoms with Crippen molar-refractivity contribution in [1.82, 2.24) is 0 Å². The van der Waals surface area contributed by atoms with Gasteiger partial charge in [-0.25, -0.2) is 0 Å². The lowest BCUT2D eigenvalue weighted by Gasteiger charge is -2.42. The molecule has 21 heavy (non-hydrogen) atoms. The Morgan fingerprint density at radius 2 is 1.57 bits per heavy atom. The van der Waals surface area contributed by atoms with Gasteiger partial charge in [-0.05, 0) is 70.5 Å². The quantitative estimate of drug-likeness (QED) is 0.617. The minimum absolute atomic E-state index is 0.270. The molecule has 0 unspecified atom stereocenters. The second kappa shape index (κ2) is 4.73. The highest BCUT2D eigenvalue weighted by Crippen LogP contribution is 2.47. The molecule has 2 aromatic carbocycles. The Bertz CT molecular complexity index is 660. The van der Waals surface area contributed by atoms with E-state index in [-0.39, 0.29) is 10.8 Å². The van der Waals surface area contributed by atoms with Crippen molar-refractivity contribution < 1.29 is 0 Å². The summed E-state index contributed by atoms with van der Waals surface area (Å²) >= 11 is 0. The highest BCUT2D eigenvalue weighted by molar-refractivity contribution is 5.70. The van der Waals surface area contributed by atoms with E-state index in [1.54, 1.807) is 5.56 Å². The van der Waals surface area contributed by atoms with E-state index in [0.29, 0.717) is 0 Å². The molecule has 0 heterocycles. The van der Waals surface area contributed by atoms with Gasteiger partial charge in [-0.3, -0.25) is 0 Å².